The van der Waals surface area contributed by atoms with Crippen LogP contribution in [0.5, 0.6) is 0 Å². The molecular formula is C7H11NO3. The van der Waals surface area contributed by atoms with Gasteiger partial charge in [0.05, 0.1) is 6.54 Å². The van der Waals surface area contributed by atoms with Gasteiger partial charge in [-0.15, -0.1) is 6.58 Å². The Morgan fingerprint density at radius 1 is 1.55 bits per heavy atom. The van der Waals surface area contributed by atoms with Crippen molar-refractivity contribution in [1.82, 2.24) is 5.06 Å². The Morgan fingerprint density at radius 2 is 2.09 bits per heavy atom. The van der Waals surface area contributed by atoms with Gasteiger partial charge in [0.1, 0.15) is 0 Å². The van der Waals surface area contributed by atoms with E-state index >= 15 is 0 Å². The number of amides is 1. The largest absolute Gasteiger partial charge is 0.338 e. The molecule has 4 heteroatoms. The smallest absolute Gasteiger partial charge is 0.329 e. The highest BCUT2D eigenvalue weighted by Gasteiger charge is 2.08. The average molecular weight is 157 g/mol. The van der Waals surface area contributed by atoms with Gasteiger partial charge in [0, 0.05) is 13.8 Å². The van der Waals surface area contributed by atoms with Crippen molar-refractivity contribution in [1.29, 1.82) is 0 Å². The zero-order valence-electron chi connectivity index (χ0n) is 6.66. The van der Waals surface area contributed by atoms with E-state index in [-0.39, 0.29) is 12.5 Å². The second kappa shape index (κ2) is 4.49. The van der Waals surface area contributed by atoms with Gasteiger partial charge < -0.3 is 4.84 Å². The van der Waals surface area contributed by atoms with Gasteiger partial charge in [0.2, 0.25) is 0 Å². The van der Waals surface area contributed by atoms with Crippen molar-refractivity contribution in [2.24, 2.45) is 0 Å². The number of nitrogens with zero attached hydrogens (tertiary/aromatic N) is 1. The number of hydrogen-bond donors (Lipinski definition) is 0. The van der Waals surface area contributed by atoms with E-state index in [0.717, 1.165) is 5.06 Å². The predicted octanol–water partition coefficient (Wildman–Crippen LogP) is 0.499. The molecule has 0 heterocycles. The van der Waals surface area contributed by atoms with Crippen LogP contribution in [0, 0.1) is 0 Å². The zero-order valence-corrected chi connectivity index (χ0v) is 6.66. The summed E-state index contributed by atoms with van der Waals surface area (Å²) in [6.45, 7) is 6.17. The van der Waals surface area contributed by atoms with Crippen LogP contribution in [-0.4, -0.2) is 23.5 Å². The summed E-state index contributed by atoms with van der Waals surface area (Å²) in [6.07, 6.45) is 1.48. The van der Waals surface area contributed by atoms with Gasteiger partial charge in [-0.2, -0.15) is 5.06 Å². The number of hydrogen-bond acceptors (Lipinski definition) is 3. The summed E-state index contributed by atoms with van der Waals surface area (Å²) in [6, 6.07) is 0. The van der Waals surface area contributed by atoms with E-state index in [1.165, 1.54) is 19.9 Å². The van der Waals surface area contributed by atoms with Crippen molar-refractivity contribution in [2.45, 2.75) is 13.8 Å². The van der Waals surface area contributed by atoms with E-state index in [0.29, 0.717) is 0 Å². The Hall–Kier alpha value is -1.32. The molecule has 0 rings (SSSR count). The van der Waals surface area contributed by atoms with Crippen molar-refractivity contribution >= 4 is 11.9 Å². The van der Waals surface area contributed by atoms with E-state index in [9.17, 15) is 9.59 Å². The van der Waals surface area contributed by atoms with Crippen LogP contribution in [0.4, 0.5) is 0 Å². The monoisotopic (exact) mass is 157 g/mol. The molecule has 0 aromatic rings. The summed E-state index contributed by atoms with van der Waals surface area (Å²) in [4.78, 5) is 25.6. The molecule has 0 aromatic heterocycles. The molecule has 0 radical (unpaired) electrons. The lowest BCUT2D eigenvalue weighted by atomic mass is 10.5. The van der Waals surface area contributed by atoms with Crippen LogP contribution in [0.15, 0.2) is 12.7 Å². The Kier molecular flexibility index (Phi) is 3.95. The van der Waals surface area contributed by atoms with Gasteiger partial charge in [0.25, 0.3) is 5.91 Å². The molecule has 0 aliphatic heterocycles. The van der Waals surface area contributed by atoms with E-state index in [4.69, 9.17) is 0 Å². The van der Waals surface area contributed by atoms with E-state index in [2.05, 4.69) is 11.4 Å². The Bertz CT molecular complexity index is 177. The molecule has 0 aliphatic rings. The lowest BCUT2D eigenvalue weighted by Gasteiger charge is -2.15. The number of hydroxylamine groups is 2. The first-order valence-corrected chi connectivity index (χ1v) is 3.15. The highest BCUT2D eigenvalue weighted by Crippen LogP contribution is 1.91. The van der Waals surface area contributed by atoms with Crippen LogP contribution in [0.3, 0.4) is 0 Å². The minimum atomic E-state index is -0.512. The summed E-state index contributed by atoms with van der Waals surface area (Å²) in [5, 5.41) is 0.940. The summed E-state index contributed by atoms with van der Waals surface area (Å²) in [7, 11) is 0. The SMILES string of the molecule is C=CCN(OC(C)=O)C(C)=O. The first-order chi connectivity index (χ1) is 5.07. The van der Waals surface area contributed by atoms with Crippen molar-refractivity contribution < 1.29 is 14.4 Å². The van der Waals surface area contributed by atoms with Crippen LogP contribution in [0.25, 0.3) is 0 Å². The third kappa shape index (κ3) is 4.13. The molecule has 0 aromatic carbocycles. The fourth-order valence-electron chi connectivity index (χ4n) is 0.503. The zero-order chi connectivity index (χ0) is 8.85. The molecule has 0 saturated heterocycles. The third-order valence-corrected chi connectivity index (χ3v) is 0.885. The van der Waals surface area contributed by atoms with Crippen LogP contribution < -0.4 is 0 Å². The van der Waals surface area contributed by atoms with Crippen LogP contribution >= 0.6 is 0 Å². The van der Waals surface area contributed by atoms with Gasteiger partial charge in [0.15, 0.2) is 0 Å². The van der Waals surface area contributed by atoms with Crippen LogP contribution in [-0.2, 0) is 14.4 Å². The lowest BCUT2D eigenvalue weighted by Crippen LogP contribution is -2.30. The topological polar surface area (TPSA) is 46.6 Å². The Labute approximate surface area is 65.4 Å². The minimum Gasteiger partial charge on any atom is -0.338 e. The molecule has 0 atom stereocenters. The van der Waals surface area contributed by atoms with E-state index in [1.54, 1.807) is 0 Å². The quantitative estimate of drug-likeness (QED) is 0.433. The fraction of sp³-hybridized carbons (Fsp3) is 0.429. The molecule has 0 N–H and O–H groups in total. The molecule has 0 aliphatic carbocycles. The maximum atomic E-state index is 10.7. The van der Waals surface area contributed by atoms with Crippen LogP contribution in [0.1, 0.15) is 13.8 Å². The second-order valence-electron chi connectivity index (χ2n) is 1.95. The van der Waals surface area contributed by atoms with Crippen LogP contribution in [0.2, 0.25) is 0 Å². The molecule has 0 spiro atoms. The minimum absolute atomic E-state index is 0.217. The summed E-state index contributed by atoms with van der Waals surface area (Å²) in [5.74, 6) is -0.831. The first-order valence-electron chi connectivity index (χ1n) is 3.15. The molecule has 0 unspecified atom stereocenters. The van der Waals surface area contributed by atoms with Gasteiger partial charge in [-0.05, 0) is 0 Å². The van der Waals surface area contributed by atoms with Gasteiger partial charge >= 0.3 is 5.97 Å². The predicted molar refractivity (Wildman–Crippen MR) is 39.4 cm³/mol. The number of carbonyl (C=O) groups is 2. The van der Waals surface area contributed by atoms with Crippen molar-refractivity contribution in [3.8, 4) is 0 Å². The van der Waals surface area contributed by atoms with E-state index in [1.807, 2.05) is 0 Å². The lowest BCUT2D eigenvalue weighted by molar-refractivity contribution is -0.192. The average Bonchev–Trinajstić information content (AvgIpc) is 1.86. The Morgan fingerprint density at radius 3 is 2.36 bits per heavy atom. The highest BCUT2D eigenvalue weighted by molar-refractivity contribution is 5.75. The Balaban J connectivity index is 3.99. The van der Waals surface area contributed by atoms with Gasteiger partial charge in [-0.3, -0.25) is 9.59 Å². The number of rotatable bonds is 2. The molecular weight excluding hydrogens is 146 g/mol. The van der Waals surface area contributed by atoms with E-state index < -0.39 is 5.97 Å². The maximum Gasteiger partial charge on any atom is 0.329 e. The fourth-order valence-corrected chi connectivity index (χ4v) is 0.503. The molecule has 62 valence electrons. The van der Waals surface area contributed by atoms with Crippen molar-refractivity contribution in [2.75, 3.05) is 6.54 Å². The van der Waals surface area contributed by atoms with Gasteiger partial charge in [-0.25, -0.2) is 0 Å². The van der Waals surface area contributed by atoms with Crippen molar-refractivity contribution in [3.05, 3.63) is 12.7 Å². The normalized spacial score (nSPS) is 8.55. The summed E-state index contributed by atoms with van der Waals surface area (Å²) < 4.78 is 0. The number of carbonyl (C=O) groups excluding carboxylic acids is 2. The molecule has 11 heavy (non-hydrogen) atoms. The second-order valence-corrected chi connectivity index (χ2v) is 1.95. The first kappa shape index (κ1) is 9.68. The highest BCUT2D eigenvalue weighted by atomic mass is 16.7. The summed E-state index contributed by atoms with van der Waals surface area (Å²) >= 11 is 0. The maximum absolute atomic E-state index is 10.7. The standard InChI is InChI=1S/C7H11NO3/c1-4-5-8(6(2)9)11-7(3)10/h4H,1,5H2,2-3H3. The van der Waals surface area contributed by atoms with Gasteiger partial charge in [-0.1, -0.05) is 6.08 Å². The van der Waals surface area contributed by atoms with Crippen molar-refractivity contribution in [3.63, 3.8) is 0 Å². The summed E-state index contributed by atoms with van der Waals surface area (Å²) in [5.41, 5.74) is 0. The molecule has 4 nitrogen and oxygen atoms in total. The molecule has 1 amide bonds. The third-order valence-electron chi connectivity index (χ3n) is 0.885. The molecule has 0 fully saturated rings. The molecule has 0 bridgehead atoms. The molecule has 0 saturated carbocycles.